The number of carbonyl (C=O) groups is 1. The van der Waals surface area contributed by atoms with Crippen molar-refractivity contribution in [2.24, 2.45) is 34.5 Å². The maximum Gasteiger partial charge on any atom is 0.331 e. The number of hydrogen-bond donors (Lipinski definition) is 2. The fourth-order valence-electron chi connectivity index (χ4n) is 8.96. The predicted octanol–water partition coefficient (Wildman–Crippen LogP) is 4.43. The van der Waals surface area contributed by atoms with Gasteiger partial charge in [0.1, 0.15) is 6.61 Å². The molecule has 0 amide bonds. The summed E-state index contributed by atoms with van der Waals surface area (Å²) in [7, 11) is -1.56. The third kappa shape index (κ3) is 3.23. The number of aliphatic hydroxyl groups excluding tert-OH is 1. The number of aliphatic hydroxyl groups is 2. The van der Waals surface area contributed by atoms with Crippen LogP contribution in [0.3, 0.4) is 0 Å². The van der Waals surface area contributed by atoms with Gasteiger partial charge in [0.05, 0.1) is 11.7 Å². The maximum atomic E-state index is 12.3. The first-order valence-electron chi connectivity index (χ1n) is 12.8. The van der Waals surface area contributed by atoms with Crippen LogP contribution < -0.4 is 0 Å². The average molecular weight is 463 g/mol. The highest BCUT2D eigenvalue weighted by Crippen LogP contribution is 2.70. The van der Waals surface area contributed by atoms with Crippen LogP contribution in [0.15, 0.2) is 11.6 Å². The van der Waals surface area contributed by atoms with Crippen LogP contribution >= 0.6 is 0 Å². The number of carbonyl (C=O) groups excluding carboxylic acids is 1. The van der Waals surface area contributed by atoms with Crippen molar-refractivity contribution in [3.05, 3.63) is 11.6 Å². The second kappa shape index (κ2) is 7.40. The number of esters is 1. The summed E-state index contributed by atoms with van der Waals surface area (Å²) in [6, 6.07) is 0. The molecule has 32 heavy (non-hydrogen) atoms. The Labute approximate surface area is 194 Å². The first-order chi connectivity index (χ1) is 14.9. The van der Waals surface area contributed by atoms with E-state index in [4.69, 9.17) is 9.16 Å². The quantitative estimate of drug-likeness (QED) is 0.479. The highest BCUT2D eigenvalue weighted by atomic mass is 28.4. The van der Waals surface area contributed by atoms with Crippen molar-refractivity contribution in [1.29, 1.82) is 0 Å². The molecule has 0 aromatic carbocycles. The summed E-state index contributed by atoms with van der Waals surface area (Å²) in [5, 5.41) is 23.9. The van der Waals surface area contributed by atoms with E-state index in [0.29, 0.717) is 31.0 Å². The van der Waals surface area contributed by atoms with E-state index in [9.17, 15) is 15.0 Å². The molecule has 4 saturated carbocycles. The van der Waals surface area contributed by atoms with E-state index in [1.165, 1.54) is 0 Å². The Hall–Kier alpha value is -0.693. The maximum absolute atomic E-state index is 12.3. The fourth-order valence-corrected chi connectivity index (χ4v) is 10.2. The van der Waals surface area contributed by atoms with Gasteiger partial charge in [-0.15, -0.1) is 0 Å². The second-order valence-corrected chi connectivity index (χ2v) is 17.5. The molecule has 2 N–H and O–H groups in total. The summed E-state index contributed by atoms with van der Waals surface area (Å²) in [6.07, 6.45) is 9.24. The lowest BCUT2D eigenvalue weighted by Crippen LogP contribution is -2.67. The van der Waals surface area contributed by atoms with Gasteiger partial charge in [-0.1, -0.05) is 13.8 Å². The van der Waals surface area contributed by atoms with Crippen LogP contribution in [0, 0.1) is 34.5 Å². The molecule has 0 spiro atoms. The number of hydrogen-bond acceptors (Lipinski definition) is 5. The summed E-state index contributed by atoms with van der Waals surface area (Å²) in [5.41, 5.74) is -0.374. The van der Waals surface area contributed by atoms with E-state index in [-0.39, 0.29) is 23.2 Å². The molecule has 0 aromatic rings. The third-order valence-electron chi connectivity index (χ3n) is 10.5. The van der Waals surface area contributed by atoms with Gasteiger partial charge in [0.25, 0.3) is 0 Å². The molecule has 180 valence electrons. The van der Waals surface area contributed by atoms with Gasteiger partial charge in [-0.25, -0.2) is 4.79 Å². The average Bonchev–Trinajstić information content (AvgIpc) is 3.24. The number of cyclic esters (lactones) is 1. The Morgan fingerprint density at radius 2 is 1.81 bits per heavy atom. The zero-order valence-electron chi connectivity index (χ0n) is 20.5. The van der Waals surface area contributed by atoms with E-state index in [0.717, 1.165) is 50.5 Å². The molecule has 5 rings (SSSR count). The zero-order valence-corrected chi connectivity index (χ0v) is 21.5. The van der Waals surface area contributed by atoms with Gasteiger partial charge < -0.3 is 19.4 Å². The summed E-state index contributed by atoms with van der Waals surface area (Å²) >= 11 is 0. The lowest BCUT2D eigenvalue weighted by Gasteiger charge is -2.65. The molecule has 1 heterocycles. The number of fused-ring (bicyclic) bond motifs is 5. The molecule has 4 aliphatic carbocycles. The Kier molecular flexibility index (Phi) is 5.33. The van der Waals surface area contributed by atoms with Crippen molar-refractivity contribution in [1.82, 2.24) is 0 Å². The van der Waals surface area contributed by atoms with Gasteiger partial charge in [0.15, 0.2) is 8.32 Å². The van der Waals surface area contributed by atoms with Crippen LogP contribution in [0.5, 0.6) is 0 Å². The third-order valence-corrected chi connectivity index (χ3v) is 11.6. The Bertz CT molecular complexity index is 820. The molecular weight excluding hydrogens is 420 g/mol. The minimum absolute atomic E-state index is 0.0151. The van der Waals surface area contributed by atoms with Crippen LogP contribution in [-0.4, -0.2) is 48.9 Å². The molecule has 9 atom stereocenters. The van der Waals surface area contributed by atoms with Crippen molar-refractivity contribution >= 4 is 14.3 Å². The van der Waals surface area contributed by atoms with Gasteiger partial charge in [0, 0.05) is 17.6 Å². The molecule has 4 fully saturated rings. The van der Waals surface area contributed by atoms with Crippen molar-refractivity contribution < 1.29 is 24.2 Å². The van der Waals surface area contributed by atoms with Crippen LogP contribution in [0.4, 0.5) is 0 Å². The predicted molar refractivity (Wildman–Crippen MR) is 125 cm³/mol. The van der Waals surface area contributed by atoms with Crippen LogP contribution in [-0.2, 0) is 14.0 Å². The Morgan fingerprint density at radius 3 is 2.47 bits per heavy atom. The fraction of sp³-hybridized carbons (Fsp3) is 0.885. The minimum Gasteiger partial charge on any atom is -0.458 e. The molecule has 0 aromatic heterocycles. The van der Waals surface area contributed by atoms with E-state index < -0.39 is 25.4 Å². The van der Waals surface area contributed by atoms with E-state index in [2.05, 4.69) is 33.5 Å². The van der Waals surface area contributed by atoms with Crippen LogP contribution in [0.2, 0.25) is 19.6 Å². The molecule has 6 heteroatoms. The van der Waals surface area contributed by atoms with Gasteiger partial charge in [-0.05, 0) is 106 Å². The van der Waals surface area contributed by atoms with E-state index in [1.807, 2.05) is 0 Å². The van der Waals surface area contributed by atoms with Crippen LogP contribution in [0.1, 0.15) is 65.2 Å². The van der Waals surface area contributed by atoms with Gasteiger partial charge >= 0.3 is 5.97 Å². The minimum atomic E-state index is -1.56. The Morgan fingerprint density at radius 1 is 1.06 bits per heavy atom. The molecule has 0 radical (unpaired) electrons. The summed E-state index contributed by atoms with van der Waals surface area (Å²) in [6.45, 7) is 11.7. The van der Waals surface area contributed by atoms with Crippen molar-refractivity contribution in [3.8, 4) is 0 Å². The normalized spacial score (nSPS) is 50.8. The van der Waals surface area contributed by atoms with E-state index >= 15 is 0 Å². The van der Waals surface area contributed by atoms with Crippen molar-refractivity contribution in [2.75, 3.05) is 6.61 Å². The topological polar surface area (TPSA) is 76.0 Å². The lowest BCUT2D eigenvalue weighted by atomic mass is 9.42. The number of rotatable bonds is 3. The monoisotopic (exact) mass is 462 g/mol. The summed E-state index contributed by atoms with van der Waals surface area (Å²) in [4.78, 5) is 11.7. The molecule has 0 saturated heterocycles. The smallest absolute Gasteiger partial charge is 0.331 e. The summed E-state index contributed by atoms with van der Waals surface area (Å²) in [5.74, 6) is 0.903. The van der Waals surface area contributed by atoms with Gasteiger partial charge in [-0.2, -0.15) is 0 Å². The molecular formula is C26H42O5Si. The molecule has 5 nitrogen and oxygen atoms in total. The first-order valence-corrected chi connectivity index (χ1v) is 16.2. The summed E-state index contributed by atoms with van der Waals surface area (Å²) < 4.78 is 11.7. The SMILES string of the molecule is C[C@]12CC[C@H](O[Si](C)(C)C)C[C@H]1CC[C@@H]1[C@@H]2C[C@@H](O)[C@]2(C)[C@@H](C3=CC(=O)OC3)CC[C@]12O. The highest BCUT2D eigenvalue weighted by Gasteiger charge is 2.70. The molecule has 0 unspecified atom stereocenters. The largest absolute Gasteiger partial charge is 0.458 e. The molecule has 0 bridgehead atoms. The van der Waals surface area contributed by atoms with Crippen LogP contribution in [0.25, 0.3) is 0 Å². The second-order valence-electron chi connectivity index (χ2n) is 13.0. The lowest BCUT2D eigenvalue weighted by molar-refractivity contribution is -0.244. The Balaban J connectivity index is 1.42. The zero-order chi connectivity index (χ0) is 23.1. The number of ether oxygens (including phenoxy) is 1. The van der Waals surface area contributed by atoms with Gasteiger partial charge in [-0.3, -0.25) is 0 Å². The molecule has 1 aliphatic heterocycles. The van der Waals surface area contributed by atoms with Crippen molar-refractivity contribution in [2.45, 2.75) is 103 Å². The molecule has 5 aliphatic rings. The standard InChI is InChI=1S/C26H42O5Si/c1-24-10-8-18(31-32(3,4)5)13-17(24)6-7-20-21(24)14-22(27)25(2)19(9-11-26(20,25)29)16-12-23(28)30-15-16/h12,17-22,27,29H,6-11,13-15H2,1-5H3/t17-,18+,19-,20-,21+,22-,24+,25+,26+/m1/s1. The van der Waals surface area contributed by atoms with E-state index in [1.54, 1.807) is 6.08 Å². The van der Waals surface area contributed by atoms with Gasteiger partial charge in [0.2, 0.25) is 0 Å². The highest BCUT2D eigenvalue weighted by molar-refractivity contribution is 6.69. The van der Waals surface area contributed by atoms with Crippen molar-refractivity contribution in [3.63, 3.8) is 0 Å². The first kappa shape index (κ1) is 23.1.